The van der Waals surface area contributed by atoms with Gasteiger partial charge in [-0.15, -0.1) is 0 Å². The van der Waals surface area contributed by atoms with Crippen LogP contribution in [-0.2, 0) is 9.53 Å². The first-order valence-electron chi connectivity index (χ1n) is 6.67. The van der Waals surface area contributed by atoms with E-state index in [0.717, 1.165) is 0 Å². The number of nitrogens with zero attached hydrogens (tertiary/aromatic N) is 1. The summed E-state index contributed by atoms with van der Waals surface area (Å²) in [6.07, 6.45) is 0.303. The summed E-state index contributed by atoms with van der Waals surface area (Å²) in [5.41, 5.74) is 0.807. The summed E-state index contributed by atoms with van der Waals surface area (Å²) in [7, 11) is 4.12. The fourth-order valence-corrected chi connectivity index (χ4v) is 2.86. The van der Waals surface area contributed by atoms with Gasteiger partial charge in [-0.05, 0) is 6.07 Å². The lowest BCUT2D eigenvalue weighted by Gasteiger charge is -2.28. The number of allylic oxidation sites excluding steroid dienone is 1. The number of nitrogens with one attached hydrogen (secondary N) is 1. The Hall–Kier alpha value is -1.79. The maximum absolute atomic E-state index is 14.6. The van der Waals surface area contributed by atoms with Gasteiger partial charge in [-0.2, -0.15) is 0 Å². The second-order valence-corrected chi connectivity index (χ2v) is 5.52. The summed E-state index contributed by atoms with van der Waals surface area (Å²) in [5, 5.41) is 3.23. The van der Waals surface area contributed by atoms with Crippen molar-refractivity contribution in [3.8, 4) is 5.75 Å². The molecule has 0 amide bonds. The summed E-state index contributed by atoms with van der Waals surface area (Å²) in [5.74, 6) is -1.31. The van der Waals surface area contributed by atoms with Crippen LogP contribution in [0, 0.1) is 5.82 Å². The number of hydrogen-bond acceptors (Lipinski definition) is 5. The molecule has 0 fully saturated rings. The third-order valence-electron chi connectivity index (χ3n) is 3.51. The Morgan fingerprint density at radius 1 is 1.39 bits per heavy atom. The summed E-state index contributed by atoms with van der Waals surface area (Å²) >= 11 is 12.1. The standard InChI is InChI=1S/C15H15Cl2FN2O3/c1-19-10-6-9(20-13(11(10)17)15(21)23-3)7-4-5-8(16)14(22-2)12(7)18/h4-5,9,20H,6H2,1-3H3/b19-10+. The molecule has 23 heavy (non-hydrogen) atoms. The molecule has 0 radical (unpaired) electrons. The van der Waals surface area contributed by atoms with Gasteiger partial charge in [0.2, 0.25) is 0 Å². The topological polar surface area (TPSA) is 59.9 Å². The minimum Gasteiger partial charge on any atom is -0.492 e. The average molecular weight is 361 g/mol. The number of rotatable bonds is 3. The van der Waals surface area contributed by atoms with Crippen molar-refractivity contribution in [2.24, 2.45) is 4.99 Å². The van der Waals surface area contributed by atoms with Crippen molar-refractivity contribution < 1.29 is 18.7 Å². The van der Waals surface area contributed by atoms with Crippen molar-refractivity contribution >= 4 is 34.9 Å². The van der Waals surface area contributed by atoms with Gasteiger partial charge in [0.1, 0.15) is 5.70 Å². The van der Waals surface area contributed by atoms with Crippen LogP contribution in [0.2, 0.25) is 5.02 Å². The monoisotopic (exact) mass is 360 g/mol. The van der Waals surface area contributed by atoms with Crippen molar-refractivity contribution in [3.05, 3.63) is 39.3 Å². The molecule has 1 unspecified atom stereocenters. The second kappa shape index (κ2) is 7.19. The first-order chi connectivity index (χ1) is 10.9. The summed E-state index contributed by atoms with van der Waals surface area (Å²) < 4.78 is 24.3. The Kier molecular flexibility index (Phi) is 5.49. The van der Waals surface area contributed by atoms with Crippen LogP contribution >= 0.6 is 23.2 Å². The Morgan fingerprint density at radius 3 is 2.65 bits per heavy atom. The zero-order valence-electron chi connectivity index (χ0n) is 12.7. The van der Waals surface area contributed by atoms with E-state index in [-0.39, 0.29) is 27.1 Å². The van der Waals surface area contributed by atoms with E-state index in [0.29, 0.717) is 12.1 Å². The van der Waals surface area contributed by atoms with E-state index in [9.17, 15) is 9.18 Å². The number of ether oxygens (including phenoxy) is 2. The lowest BCUT2D eigenvalue weighted by atomic mass is 9.95. The maximum Gasteiger partial charge on any atom is 0.355 e. The number of carbonyl (C=O) groups excluding carboxylic acids is 1. The predicted octanol–water partition coefficient (Wildman–Crippen LogP) is 3.22. The van der Waals surface area contributed by atoms with Gasteiger partial charge in [-0.25, -0.2) is 9.18 Å². The Morgan fingerprint density at radius 2 is 2.09 bits per heavy atom. The number of carbonyl (C=O) groups is 1. The van der Waals surface area contributed by atoms with Crippen LogP contribution in [0.25, 0.3) is 0 Å². The molecule has 1 aromatic rings. The van der Waals surface area contributed by atoms with Crippen molar-refractivity contribution in [2.75, 3.05) is 21.3 Å². The van der Waals surface area contributed by atoms with Crippen molar-refractivity contribution in [1.82, 2.24) is 5.32 Å². The van der Waals surface area contributed by atoms with Gasteiger partial charge in [0.15, 0.2) is 11.6 Å². The second-order valence-electron chi connectivity index (χ2n) is 4.74. The molecule has 124 valence electrons. The average Bonchev–Trinajstić information content (AvgIpc) is 2.55. The molecule has 0 saturated heterocycles. The molecule has 5 nitrogen and oxygen atoms in total. The van der Waals surface area contributed by atoms with Crippen LogP contribution in [0.3, 0.4) is 0 Å². The smallest absolute Gasteiger partial charge is 0.355 e. The molecular weight excluding hydrogens is 346 g/mol. The molecule has 0 spiro atoms. The Balaban J connectivity index is 2.49. The van der Waals surface area contributed by atoms with Crippen LogP contribution in [-0.4, -0.2) is 32.9 Å². The minimum absolute atomic E-state index is 0.0410. The first-order valence-corrected chi connectivity index (χ1v) is 7.42. The summed E-state index contributed by atoms with van der Waals surface area (Å²) in [6.45, 7) is 0. The summed E-state index contributed by atoms with van der Waals surface area (Å²) in [4.78, 5) is 15.9. The van der Waals surface area contributed by atoms with Gasteiger partial charge in [-0.3, -0.25) is 4.99 Å². The number of esters is 1. The van der Waals surface area contributed by atoms with Gasteiger partial charge in [0.25, 0.3) is 0 Å². The highest BCUT2D eigenvalue weighted by Crippen LogP contribution is 2.36. The normalized spacial score (nSPS) is 19.6. The van der Waals surface area contributed by atoms with Crippen molar-refractivity contribution in [2.45, 2.75) is 12.5 Å². The van der Waals surface area contributed by atoms with E-state index in [1.807, 2.05) is 0 Å². The first kappa shape index (κ1) is 17.6. The molecule has 0 bridgehead atoms. The predicted molar refractivity (Wildman–Crippen MR) is 86.7 cm³/mol. The highest BCUT2D eigenvalue weighted by atomic mass is 35.5. The zero-order chi connectivity index (χ0) is 17.1. The lowest BCUT2D eigenvalue weighted by molar-refractivity contribution is -0.136. The maximum atomic E-state index is 14.6. The van der Waals surface area contributed by atoms with Gasteiger partial charge >= 0.3 is 5.97 Å². The van der Waals surface area contributed by atoms with E-state index in [1.54, 1.807) is 7.05 Å². The fraction of sp³-hybridized carbons (Fsp3) is 0.333. The molecule has 0 saturated carbocycles. The summed E-state index contributed by atoms with van der Waals surface area (Å²) in [6, 6.07) is 2.50. The third kappa shape index (κ3) is 3.28. The largest absolute Gasteiger partial charge is 0.492 e. The van der Waals surface area contributed by atoms with Gasteiger partial charge in [-0.1, -0.05) is 29.3 Å². The lowest BCUT2D eigenvalue weighted by Crippen LogP contribution is -2.35. The minimum atomic E-state index is -0.651. The molecule has 8 heteroatoms. The van der Waals surface area contributed by atoms with E-state index in [4.69, 9.17) is 32.7 Å². The zero-order valence-corrected chi connectivity index (χ0v) is 14.3. The van der Waals surface area contributed by atoms with Crippen LogP contribution < -0.4 is 10.1 Å². The Bertz CT molecular complexity index is 704. The van der Waals surface area contributed by atoms with Crippen LogP contribution in [0.15, 0.2) is 27.9 Å². The third-order valence-corrected chi connectivity index (χ3v) is 4.21. The molecule has 1 aromatic carbocycles. The van der Waals surface area contributed by atoms with Crippen molar-refractivity contribution in [1.29, 1.82) is 0 Å². The van der Waals surface area contributed by atoms with E-state index in [1.165, 1.54) is 26.4 Å². The SMILES string of the molecule is C/N=C1\CC(c2ccc(Cl)c(OC)c2F)NC(C(=O)OC)=C1Cl. The number of hydrogen-bond donors (Lipinski definition) is 1. The molecule has 1 atom stereocenters. The number of halogens is 3. The molecule has 1 aliphatic rings. The van der Waals surface area contributed by atoms with Crippen molar-refractivity contribution in [3.63, 3.8) is 0 Å². The number of benzene rings is 1. The highest BCUT2D eigenvalue weighted by molar-refractivity contribution is 6.45. The number of methoxy groups -OCH3 is 2. The van der Waals surface area contributed by atoms with Gasteiger partial charge in [0, 0.05) is 19.0 Å². The highest BCUT2D eigenvalue weighted by Gasteiger charge is 2.32. The van der Waals surface area contributed by atoms with Crippen LogP contribution in [0.5, 0.6) is 5.75 Å². The van der Waals surface area contributed by atoms with Gasteiger partial charge in [0.05, 0.1) is 36.0 Å². The van der Waals surface area contributed by atoms with Crippen LogP contribution in [0.4, 0.5) is 4.39 Å². The molecular formula is C15H15Cl2FN2O3. The molecule has 0 aromatic heterocycles. The van der Waals surface area contributed by atoms with Gasteiger partial charge < -0.3 is 14.8 Å². The molecule has 0 aliphatic carbocycles. The van der Waals surface area contributed by atoms with E-state index in [2.05, 4.69) is 10.3 Å². The molecule has 2 rings (SSSR count). The van der Waals surface area contributed by atoms with E-state index < -0.39 is 17.8 Å². The number of aliphatic imine (C=N–C) groups is 1. The fourth-order valence-electron chi connectivity index (χ4n) is 2.35. The van der Waals surface area contributed by atoms with E-state index >= 15 is 0 Å². The molecule has 1 heterocycles. The Labute approximate surface area is 143 Å². The molecule has 1 aliphatic heterocycles. The van der Waals surface area contributed by atoms with Crippen LogP contribution in [0.1, 0.15) is 18.0 Å². The quantitative estimate of drug-likeness (QED) is 0.840. The molecule has 1 N–H and O–H groups in total.